The fourth-order valence-electron chi connectivity index (χ4n) is 3.38. The van der Waals surface area contributed by atoms with Crippen LogP contribution in [-0.2, 0) is 11.4 Å². The van der Waals surface area contributed by atoms with E-state index >= 15 is 0 Å². The van der Waals surface area contributed by atoms with Gasteiger partial charge >= 0.3 is 0 Å². The highest BCUT2D eigenvalue weighted by molar-refractivity contribution is 7.80. The molecule has 10 heteroatoms. The number of amides is 1. The molecule has 8 nitrogen and oxygen atoms in total. The number of methoxy groups -OCH3 is 1. The Morgan fingerprint density at radius 1 is 1.15 bits per heavy atom. The second kappa shape index (κ2) is 9.67. The molecule has 0 atom stereocenters. The molecule has 1 amide bonds. The van der Waals surface area contributed by atoms with Gasteiger partial charge in [0.2, 0.25) is 0 Å². The maximum absolute atomic E-state index is 13.2. The zero-order valence-corrected chi connectivity index (χ0v) is 18.7. The van der Waals surface area contributed by atoms with Crippen LogP contribution in [0.4, 0.5) is 15.8 Å². The molecule has 1 heterocycles. The van der Waals surface area contributed by atoms with Crippen molar-refractivity contribution in [3.05, 3.63) is 99.5 Å². The van der Waals surface area contributed by atoms with Gasteiger partial charge in [0.1, 0.15) is 29.6 Å². The second-order valence-electron chi connectivity index (χ2n) is 7.22. The van der Waals surface area contributed by atoms with E-state index in [2.05, 4.69) is 5.32 Å². The number of non-ortho nitro benzene ring substituents is 1. The van der Waals surface area contributed by atoms with Gasteiger partial charge in [0.15, 0.2) is 5.11 Å². The van der Waals surface area contributed by atoms with Crippen molar-refractivity contribution in [2.75, 3.05) is 12.0 Å². The van der Waals surface area contributed by atoms with E-state index < -0.39 is 10.7 Å². The zero-order valence-electron chi connectivity index (χ0n) is 17.9. The summed E-state index contributed by atoms with van der Waals surface area (Å²) in [7, 11) is 1.52. The highest BCUT2D eigenvalue weighted by Crippen LogP contribution is 2.27. The lowest BCUT2D eigenvalue weighted by molar-refractivity contribution is -0.384. The molecule has 34 heavy (non-hydrogen) atoms. The molecule has 0 radical (unpaired) electrons. The van der Waals surface area contributed by atoms with Crippen LogP contribution in [0.2, 0.25) is 0 Å². The van der Waals surface area contributed by atoms with Crippen molar-refractivity contribution < 1.29 is 23.6 Å². The van der Waals surface area contributed by atoms with Gasteiger partial charge in [-0.2, -0.15) is 0 Å². The molecule has 0 saturated carbocycles. The van der Waals surface area contributed by atoms with Crippen LogP contribution in [0, 0.1) is 15.9 Å². The third-order valence-corrected chi connectivity index (χ3v) is 5.29. The molecule has 0 spiro atoms. The van der Waals surface area contributed by atoms with Gasteiger partial charge in [-0.1, -0.05) is 12.1 Å². The highest BCUT2D eigenvalue weighted by Gasteiger charge is 2.32. The Hall–Kier alpha value is -4.31. The van der Waals surface area contributed by atoms with Crippen molar-refractivity contribution in [2.45, 2.75) is 6.61 Å². The van der Waals surface area contributed by atoms with Crippen LogP contribution < -0.4 is 19.7 Å². The van der Waals surface area contributed by atoms with E-state index in [4.69, 9.17) is 21.7 Å². The summed E-state index contributed by atoms with van der Waals surface area (Å²) < 4.78 is 24.4. The molecule has 1 aliphatic rings. The summed E-state index contributed by atoms with van der Waals surface area (Å²) >= 11 is 5.29. The number of nitro groups is 1. The summed E-state index contributed by atoms with van der Waals surface area (Å²) in [5.41, 5.74) is 1.98. The Balaban J connectivity index is 1.56. The number of anilines is 1. The second-order valence-corrected chi connectivity index (χ2v) is 7.61. The molecule has 0 bridgehead atoms. The first-order valence-corrected chi connectivity index (χ1v) is 10.4. The van der Waals surface area contributed by atoms with Crippen LogP contribution in [0.25, 0.3) is 6.08 Å². The van der Waals surface area contributed by atoms with Gasteiger partial charge < -0.3 is 14.8 Å². The number of nitro benzene ring substituents is 1. The van der Waals surface area contributed by atoms with Gasteiger partial charge in [-0.15, -0.1) is 0 Å². The molecule has 4 rings (SSSR count). The Morgan fingerprint density at radius 3 is 2.62 bits per heavy atom. The van der Waals surface area contributed by atoms with Gasteiger partial charge in [-0.05, 0) is 66.3 Å². The summed E-state index contributed by atoms with van der Waals surface area (Å²) in [5, 5.41) is 14.0. The predicted molar refractivity (Wildman–Crippen MR) is 128 cm³/mol. The molecular formula is C24H18FN3O5S. The molecule has 1 fully saturated rings. The first-order chi connectivity index (χ1) is 16.4. The highest BCUT2D eigenvalue weighted by atomic mass is 32.1. The average molecular weight is 479 g/mol. The number of nitrogens with zero attached hydrogens (tertiary/aromatic N) is 2. The summed E-state index contributed by atoms with van der Waals surface area (Å²) in [4.78, 5) is 24.7. The van der Waals surface area contributed by atoms with Crippen molar-refractivity contribution in [3.63, 3.8) is 0 Å². The minimum atomic E-state index is -0.495. The van der Waals surface area contributed by atoms with E-state index in [1.165, 1.54) is 48.4 Å². The third-order valence-electron chi connectivity index (χ3n) is 5.00. The van der Waals surface area contributed by atoms with Crippen molar-refractivity contribution in [2.24, 2.45) is 0 Å². The smallest absolute Gasteiger partial charge is 0.281 e. The van der Waals surface area contributed by atoms with Crippen molar-refractivity contribution >= 4 is 40.7 Å². The van der Waals surface area contributed by atoms with Crippen LogP contribution in [0.1, 0.15) is 11.1 Å². The van der Waals surface area contributed by atoms with E-state index in [1.807, 2.05) is 0 Å². The molecule has 1 aliphatic heterocycles. The number of ether oxygens (including phenoxy) is 2. The maximum atomic E-state index is 13.2. The topological polar surface area (TPSA) is 93.9 Å². The first kappa shape index (κ1) is 22.9. The van der Waals surface area contributed by atoms with E-state index in [9.17, 15) is 19.3 Å². The molecule has 172 valence electrons. The number of thiocarbonyl (C=S) groups is 1. The van der Waals surface area contributed by atoms with E-state index in [1.54, 1.807) is 36.4 Å². The van der Waals surface area contributed by atoms with Gasteiger partial charge in [0.25, 0.3) is 11.6 Å². The summed E-state index contributed by atoms with van der Waals surface area (Å²) in [6.07, 6.45) is 1.63. The minimum absolute atomic E-state index is 0.0737. The molecule has 3 aromatic carbocycles. The predicted octanol–water partition coefficient (Wildman–Crippen LogP) is 4.58. The van der Waals surface area contributed by atoms with E-state index in [-0.39, 0.29) is 29.0 Å². The lowest BCUT2D eigenvalue weighted by Crippen LogP contribution is -2.30. The van der Waals surface area contributed by atoms with Gasteiger partial charge in [0, 0.05) is 11.6 Å². The molecule has 1 N–H and O–H groups in total. The largest absolute Gasteiger partial charge is 0.496 e. The van der Waals surface area contributed by atoms with Crippen molar-refractivity contribution in [1.29, 1.82) is 0 Å². The Morgan fingerprint density at radius 2 is 1.91 bits per heavy atom. The van der Waals surface area contributed by atoms with E-state index in [0.29, 0.717) is 28.3 Å². The Kier molecular flexibility index (Phi) is 6.51. The van der Waals surface area contributed by atoms with Crippen LogP contribution >= 0.6 is 12.2 Å². The van der Waals surface area contributed by atoms with E-state index in [0.717, 1.165) is 0 Å². The molecule has 3 aromatic rings. The van der Waals surface area contributed by atoms with Crippen LogP contribution in [0.15, 0.2) is 72.4 Å². The fourth-order valence-corrected chi connectivity index (χ4v) is 3.67. The normalized spacial score (nSPS) is 14.3. The van der Waals surface area contributed by atoms with Gasteiger partial charge in [0.05, 0.1) is 23.8 Å². The zero-order chi connectivity index (χ0) is 24.2. The molecule has 1 saturated heterocycles. The standard InChI is InChI=1S/C24H18FN3O5S/c1-32-22-10-5-15(11-16(22)14-33-20-4-2-3-19(13-20)28(30)31)12-21-23(29)27(24(34)26-21)18-8-6-17(25)7-9-18/h2-13H,14H2,1H3,(H,26,34)/b21-12+. The lowest BCUT2D eigenvalue weighted by atomic mass is 10.1. The fraction of sp³-hybridized carbons (Fsp3) is 0.0833. The number of hydrogen-bond donors (Lipinski definition) is 1. The Labute approximate surface area is 199 Å². The van der Waals surface area contributed by atoms with Crippen LogP contribution in [0.3, 0.4) is 0 Å². The van der Waals surface area contributed by atoms with Crippen LogP contribution in [0.5, 0.6) is 11.5 Å². The Bertz CT molecular complexity index is 1310. The first-order valence-electron chi connectivity index (χ1n) is 10.0. The molecular weight excluding hydrogens is 461 g/mol. The summed E-state index contributed by atoms with van der Waals surface area (Å²) in [5.74, 6) is 0.111. The van der Waals surface area contributed by atoms with Gasteiger partial charge in [-0.25, -0.2) is 4.39 Å². The minimum Gasteiger partial charge on any atom is -0.496 e. The third kappa shape index (κ3) is 4.86. The summed E-state index contributed by atoms with van der Waals surface area (Å²) in [6, 6.07) is 16.6. The molecule has 0 aliphatic carbocycles. The monoisotopic (exact) mass is 479 g/mol. The van der Waals surface area contributed by atoms with Crippen LogP contribution in [-0.4, -0.2) is 23.1 Å². The number of rotatable bonds is 7. The number of carbonyl (C=O) groups is 1. The average Bonchev–Trinajstić information content (AvgIpc) is 3.11. The SMILES string of the molecule is COc1ccc(/C=C2/NC(=S)N(c3ccc(F)cc3)C2=O)cc1COc1cccc([N+](=O)[O-])c1. The number of carbonyl (C=O) groups excluding carboxylic acids is 1. The number of halogens is 1. The lowest BCUT2D eigenvalue weighted by Gasteiger charge is -2.13. The number of hydrogen-bond acceptors (Lipinski definition) is 6. The number of benzene rings is 3. The van der Waals surface area contributed by atoms with Crippen molar-refractivity contribution in [1.82, 2.24) is 5.32 Å². The number of nitrogens with one attached hydrogen (secondary N) is 1. The quantitative estimate of drug-likeness (QED) is 0.229. The molecule has 0 aromatic heterocycles. The van der Waals surface area contributed by atoms with Crippen molar-refractivity contribution in [3.8, 4) is 11.5 Å². The molecule has 0 unspecified atom stereocenters. The maximum Gasteiger partial charge on any atom is 0.281 e. The summed E-state index contributed by atoms with van der Waals surface area (Å²) in [6.45, 7) is 0.0862. The van der Waals surface area contributed by atoms with Gasteiger partial charge in [-0.3, -0.25) is 19.8 Å².